The van der Waals surface area contributed by atoms with Gasteiger partial charge in [0.2, 0.25) is 0 Å². The lowest BCUT2D eigenvalue weighted by Gasteiger charge is -2.25. The first kappa shape index (κ1) is 55.0. The molecule has 94 heavy (non-hydrogen) atoms. The van der Waals surface area contributed by atoms with Crippen molar-refractivity contribution in [3.63, 3.8) is 0 Å². The fraction of sp³-hybridized carbons (Fsp3) is 0.0968. The monoisotopic (exact) mass is 1220 g/mol. The van der Waals surface area contributed by atoms with E-state index < -0.39 is 0 Å². The Balaban J connectivity index is 0.694. The van der Waals surface area contributed by atoms with Crippen LogP contribution in [0.2, 0.25) is 5.02 Å². The van der Waals surface area contributed by atoms with Crippen LogP contribution in [0.1, 0.15) is 74.9 Å². The molecule has 0 radical (unpaired) electrons. The van der Waals surface area contributed by atoms with Crippen LogP contribution in [0.15, 0.2) is 285 Å². The molecule has 0 saturated heterocycles. The first-order chi connectivity index (χ1) is 45.8. The standard InChI is InChI=1S/C93H65Cl/c1-91(2)79-34-20-19-21-61(79)62-46-39-57(51-82(62)91)87-71-26-11-15-30-75(71)89(76-31-16-12-27-72(76)87)90-77-32-17-13-28-73(77)88(74-29-14-18-33-78(74)90)59-41-48-66-64-45-38-56(50-81(64)93(5,6)84(66)53-59)55-37-44-63-65-47-40-58(52-83(65)92(3,4)80(63)49-55)86-69-24-9-7-22-67(69)85(54-35-42-60(94)43-36-54)68-23-8-10-25-70(68)86/h7-53H,1-6H3. The van der Waals surface area contributed by atoms with Crippen LogP contribution in [0.25, 0.3) is 165 Å². The summed E-state index contributed by atoms with van der Waals surface area (Å²) in [6.07, 6.45) is 0. The number of hydrogen-bond donors (Lipinski definition) is 0. The molecule has 444 valence electrons. The van der Waals surface area contributed by atoms with Crippen LogP contribution >= 0.6 is 11.6 Å². The Hall–Kier alpha value is -10.6. The van der Waals surface area contributed by atoms with Gasteiger partial charge in [0.1, 0.15) is 0 Å². The van der Waals surface area contributed by atoms with Crippen LogP contribution in [0.4, 0.5) is 0 Å². The molecule has 3 aliphatic rings. The van der Waals surface area contributed by atoms with Gasteiger partial charge in [-0.25, -0.2) is 0 Å². The van der Waals surface area contributed by atoms with Crippen molar-refractivity contribution in [2.75, 3.05) is 0 Å². The van der Waals surface area contributed by atoms with Gasteiger partial charge in [-0.1, -0.05) is 296 Å². The highest BCUT2D eigenvalue weighted by atomic mass is 35.5. The Labute approximate surface area is 554 Å². The maximum Gasteiger partial charge on any atom is 0.0406 e. The predicted molar refractivity (Wildman–Crippen MR) is 402 cm³/mol. The normalized spacial score (nSPS) is 14.4. The maximum absolute atomic E-state index is 6.44. The highest BCUT2D eigenvalue weighted by Gasteiger charge is 2.40. The van der Waals surface area contributed by atoms with Crippen molar-refractivity contribution >= 4 is 76.2 Å². The van der Waals surface area contributed by atoms with Crippen molar-refractivity contribution in [1.82, 2.24) is 0 Å². The minimum atomic E-state index is -0.260. The molecule has 0 heterocycles. The third kappa shape index (κ3) is 7.69. The van der Waals surface area contributed by atoms with Gasteiger partial charge in [-0.05, 0) is 241 Å². The minimum absolute atomic E-state index is 0.108. The average Bonchev–Trinajstić information content (AvgIpc) is 0.953. The summed E-state index contributed by atoms with van der Waals surface area (Å²) in [5, 5.41) is 15.8. The van der Waals surface area contributed by atoms with Gasteiger partial charge in [0.15, 0.2) is 0 Å². The van der Waals surface area contributed by atoms with Crippen molar-refractivity contribution in [2.24, 2.45) is 0 Å². The lowest BCUT2D eigenvalue weighted by Crippen LogP contribution is -2.15. The van der Waals surface area contributed by atoms with Crippen molar-refractivity contribution < 1.29 is 0 Å². The molecule has 19 rings (SSSR count). The van der Waals surface area contributed by atoms with Crippen molar-refractivity contribution in [3.8, 4) is 100 Å². The van der Waals surface area contributed by atoms with Gasteiger partial charge in [-0.2, -0.15) is 0 Å². The van der Waals surface area contributed by atoms with E-state index in [4.69, 9.17) is 11.6 Å². The summed E-state index contributed by atoms with van der Waals surface area (Å²) in [5.41, 5.74) is 30.6. The Morgan fingerprint density at radius 2 is 0.383 bits per heavy atom. The molecule has 0 unspecified atom stereocenters. The summed E-state index contributed by atoms with van der Waals surface area (Å²) in [4.78, 5) is 0. The second-order valence-electron chi connectivity index (χ2n) is 28.3. The van der Waals surface area contributed by atoms with Crippen molar-refractivity contribution in [3.05, 3.63) is 324 Å². The van der Waals surface area contributed by atoms with E-state index in [2.05, 4.69) is 315 Å². The minimum Gasteiger partial charge on any atom is -0.0843 e. The summed E-state index contributed by atoms with van der Waals surface area (Å²) in [5.74, 6) is 0. The van der Waals surface area contributed by atoms with Crippen molar-refractivity contribution in [1.29, 1.82) is 0 Å². The fourth-order valence-electron chi connectivity index (χ4n) is 17.8. The Bertz CT molecular complexity index is 5840. The molecule has 0 fully saturated rings. The maximum atomic E-state index is 6.44. The second-order valence-corrected chi connectivity index (χ2v) is 28.7. The molecular formula is C93H65Cl. The lowest BCUT2D eigenvalue weighted by molar-refractivity contribution is 0.660. The molecule has 0 amide bonds. The number of hydrogen-bond acceptors (Lipinski definition) is 0. The molecule has 0 saturated carbocycles. The van der Waals surface area contributed by atoms with Gasteiger partial charge < -0.3 is 0 Å². The lowest BCUT2D eigenvalue weighted by atomic mass is 9.78. The Kier molecular flexibility index (Phi) is 11.7. The third-order valence-corrected chi connectivity index (χ3v) is 22.6. The predicted octanol–water partition coefficient (Wildman–Crippen LogP) is 26.2. The first-order valence-electron chi connectivity index (χ1n) is 33.2. The van der Waals surface area contributed by atoms with E-state index in [9.17, 15) is 0 Å². The molecule has 0 aromatic heterocycles. The SMILES string of the molecule is CC1(C)c2cc(-c3ccc4c(c3)C(C)(C)c3cc(-c5c6ccccc6c(-c6c7ccccc7c(-c7ccc8c(c7)C(C)(C)c7ccccc7-8)c7ccccc67)c6ccccc56)ccc3-4)ccc2-c2ccc(-c3c4ccccc4c(-c4ccc(Cl)cc4)c4ccccc34)cc21. The summed E-state index contributed by atoms with van der Waals surface area (Å²) >= 11 is 6.44. The molecular weight excluding hydrogens is 1150 g/mol. The topological polar surface area (TPSA) is 0 Å². The Morgan fingerprint density at radius 1 is 0.181 bits per heavy atom. The fourth-order valence-corrected chi connectivity index (χ4v) is 17.9. The van der Waals surface area contributed by atoms with Crippen LogP contribution in [0, 0.1) is 0 Å². The van der Waals surface area contributed by atoms with Gasteiger partial charge in [0.25, 0.3) is 0 Å². The van der Waals surface area contributed by atoms with Crippen molar-refractivity contribution in [2.45, 2.75) is 57.8 Å². The molecule has 0 N–H and O–H groups in total. The zero-order chi connectivity index (χ0) is 63.1. The van der Waals surface area contributed by atoms with Gasteiger partial charge in [0, 0.05) is 21.3 Å². The number of fused-ring (bicyclic) bond motifs is 15. The molecule has 16 aromatic rings. The van der Waals surface area contributed by atoms with E-state index >= 15 is 0 Å². The largest absolute Gasteiger partial charge is 0.0843 e. The average molecular weight is 1220 g/mol. The van der Waals surface area contributed by atoms with Crippen LogP contribution < -0.4 is 0 Å². The summed E-state index contributed by atoms with van der Waals surface area (Å²) in [6, 6.07) is 108. The van der Waals surface area contributed by atoms with Crippen LogP contribution in [0.5, 0.6) is 0 Å². The molecule has 3 aliphatic carbocycles. The number of rotatable bonds is 6. The zero-order valence-corrected chi connectivity index (χ0v) is 54.3. The van der Waals surface area contributed by atoms with E-state index in [0.29, 0.717) is 0 Å². The van der Waals surface area contributed by atoms with Gasteiger partial charge >= 0.3 is 0 Å². The summed E-state index contributed by atoms with van der Waals surface area (Å²) in [7, 11) is 0. The molecule has 0 spiro atoms. The van der Waals surface area contributed by atoms with Crippen LogP contribution in [-0.2, 0) is 16.2 Å². The first-order valence-corrected chi connectivity index (χ1v) is 33.6. The summed E-state index contributed by atoms with van der Waals surface area (Å²) in [6.45, 7) is 14.5. The van der Waals surface area contributed by atoms with Gasteiger partial charge in [-0.3, -0.25) is 0 Å². The molecule has 0 atom stereocenters. The van der Waals surface area contributed by atoms with E-state index in [0.717, 1.165) is 5.02 Å². The smallest absolute Gasteiger partial charge is 0.0406 e. The van der Waals surface area contributed by atoms with E-state index in [1.54, 1.807) is 0 Å². The van der Waals surface area contributed by atoms with E-state index in [-0.39, 0.29) is 16.2 Å². The Morgan fingerprint density at radius 3 is 0.681 bits per heavy atom. The molecule has 0 bridgehead atoms. The van der Waals surface area contributed by atoms with Crippen LogP contribution in [0.3, 0.4) is 0 Å². The zero-order valence-electron chi connectivity index (χ0n) is 53.5. The summed E-state index contributed by atoms with van der Waals surface area (Å²) < 4.78 is 0. The van der Waals surface area contributed by atoms with Gasteiger partial charge in [-0.15, -0.1) is 0 Å². The second kappa shape index (κ2) is 19.9. The molecule has 0 nitrogen and oxygen atoms in total. The van der Waals surface area contributed by atoms with Gasteiger partial charge in [0.05, 0.1) is 0 Å². The van der Waals surface area contributed by atoms with Crippen LogP contribution in [-0.4, -0.2) is 0 Å². The highest BCUT2D eigenvalue weighted by Crippen LogP contribution is 2.57. The quantitative estimate of drug-likeness (QED) is 0.146. The number of halogens is 1. The molecule has 16 aromatic carbocycles. The molecule has 0 aliphatic heterocycles. The third-order valence-electron chi connectivity index (χ3n) is 22.3. The van der Waals surface area contributed by atoms with E-state index in [1.165, 1.54) is 198 Å². The highest BCUT2D eigenvalue weighted by molar-refractivity contribution is 6.31. The molecule has 1 heteroatoms. The number of benzene rings is 16. The van der Waals surface area contributed by atoms with E-state index in [1.807, 2.05) is 12.1 Å².